The van der Waals surface area contributed by atoms with Crippen LogP contribution in [0.15, 0.2) is 66.9 Å². The normalized spacial score (nSPS) is 13.8. The lowest BCUT2D eigenvalue weighted by atomic mass is 10.1. The van der Waals surface area contributed by atoms with Crippen molar-refractivity contribution in [3.05, 3.63) is 78.2 Å². The number of carbonyl (C=O) groups is 1. The highest BCUT2D eigenvalue weighted by atomic mass is 19.1. The number of hydrogen-bond acceptors (Lipinski definition) is 4. The number of aromatic nitrogens is 1. The van der Waals surface area contributed by atoms with Gasteiger partial charge in [0.05, 0.1) is 11.9 Å². The van der Waals surface area contributed by atoms with E-state index in [1.807, 2.05) is 6.07 Å². The van der Waals surface area contributed by atoms with E-state index in [-0.39, 0.29) is 5.56 Å². The number of nitrogens with zero attached hydrogens (tertiary/aromatic N) is 2. The minimum Gasteiger partial charge on any atom is -0.372 e. The number of rotatable bonds is 5. The van der Waals surface area contributed by atoms with Gasteiger partial charge in [-0.3, -0.25) is 4.79 Å². The summed E-state index contributed by atoms with van der Waals surface area (Å²) in [6.45, 7) is 2.25. The van der Waals surface area contributed by atoms with Crippen molar-refractivity contribution >= 4 is 28.8 Å². The van der Waals surface area contributed by atoms with Crippen LogP contribution in [-0.4, -0.2) is 24.0 Å². The maximum absolute atomic E-state index is 13.3. The molecule has 1 aliphatic heterocycles. The van der Waals surface area contributed by atoms with Crippen LogP contribution in [0.5, 0.6) is 0 Å². The van der Waals surface area contributed by atoms with Crippen LogP contribution in [0, 0.1) is 5.82 Å². The smallest absolute Gasteiger partial charge is 0.256 e. The molecule has 2 heterocycles. The van der Waals surface area contributed by atoms with Crippen molar-refractivity contribution in [2.75, 3.05) is 28.6 Å². The van der Waals surface area contributed by atoms with Gasteiger partial charge in [-0.2, -0.15) is 0 Å². The first-order valence-corrected chi connectivity index (χ1v) is 9.82. The Morgan fingerprint density at radius 1 is 0.931 bits per heavy atom. The molecule has 0 spiro atoms. The summed E-state index contributed by atoms with van der Waals surface area (Å²) in [5, 5.41) is 5.98. The number of piperidine rings is 1. The summed E-state index contributed by atoms with van der Waals surface area (Å²) in [7, 11) is 0. The van der Waals surface area contributed by atoms with Gasteiger partial charge in [-0.15, -0.1) is 0 Å². The molecule has 2 aromatic carbocycles. The molecule has 4 rings (SSSR count). The minimum atomic E-state index is -0.448. The summed E-state index contributed by atoms with van der Waals surface area (Å²) < 4.78 is 13.3. The van der Waals surface area contributed by atoms with Crippen LogP contribution >= 0.6 is 0 Å². The van der Waals surface area contributed by atoms with Gasteiger partial charge >= 0.3 is 0 Å². The first-order chi connectivity index (χ1) is 14.2. The van der Waals surface area contributed by atoms with Crippen LogP contribution in [0.2, 0.25) is 0 Å². The van der Waals surface area contributed by atoms with Crippen molar-refractivity contribution in [3.63, 3.8) is 0 Å². The Morgan fingerprint density at radius 2 is 1.69 bits per heavy atom. The van der Waals surface area contributed by atoms with Crippen molar-refractivity contribution in [3.8, 4) is 0 Å². The summed E-state index contributed by atoms with van der Waals surface area (Å²) in [5.74, 6) is -0.437. The Hall–Kier alpha value is -3.41. The molecule has 1 amide bonds. The van der Waals surface area contributed by atoms with Crippen LogP contribution in [0.25, 0.3) is 0 Å². The SMILES string of the molecule is O=C(Nc1ccc(Nc2ccc(N3CCCCC3)cc2)cn1)c1cccc(F)c1. The van der Waals surface area contributed by atoms with Gasteiger partial charge in [0.1, 0.15) is 11.6 Å². The molecule has 3 aromatic rings. The molecule has 29 heavy (non-hydrogen) atoms. The predicted molar refractivity (Wildman–Crippen MR) is 114 cm³/mol. The fraction of sp³-hybridized carbons (Fsp3) is 0.217. The average molecular weight is 390 g/mol. The van der Waals surface area contributed by atoms with E-state index in [1.54, 1.807) is 18.3 Å². The zero-order valence-electron chi connectivity index (χ0n) is 16.1. The van der Waals surface area contributed by atoms with E-state index in [1.165, 1.54) is 43.1 Å². The Kier molecular flexibility index (Phi) is 5.70. The predicted octanol–water partition coefficient (Wildman–Crippen LogP) is 5.21. The molecular formula is C23H23FN4O. The zero-order valence-corrected chi connectivity index (χ0v) is 16.1. The minimum absolute atomic E-state index is 0.253. The molecule has 0 atom stereocenters. The van der Waals surface area contributed by atoms with Gasteiger partial charge in [-0.05, 0) is 73.9 Å². The quantitative estimate of drug-likeness (QED) is 0.628. The second-order valence-electron chi connectivity index (χ2n) is 7.12. The number of anilines is 4. The van der Waals surface area contributed by atoms with Crippen LogP contribution in [0.4, 0.5) is 27.3 Å². The van der Waals surface area contributed by atoms with Crippen LogP contribution in [-0.2, 0) is 0 Å². The lowest BCUT2D eigenvalue weighted by Crippen LogP contribution is -2.29. The van der Waals surface area contributed by atoms with Crippen LogP contribution < -0.4 is 15.5 Å². The van der Waals surface area contributed by atoms with Crippen molar-refractivity contribution in [1.82, 2.24) is 4.98 Å². The van der Waals surface area contributed by atoms with Gasteiger partial charge in [0.2, 0.25) is 0 Å². The van der Waals surface area contributed by atoms with E-state index in [9.17, 15) is 9.18 Å². The van der Waals surface area contributed by atoms with Crippen molar-refractivity contribution in [2.24, 2.45) is 0 Å². The largest absolute Gasteiger partial charge is 0.372 e. The van der Waals surface area contributed by atoms with Gasteiger partial charge in [-0.25, -0.2) is 9.37 Å². The summed E-state index contributed by atoms with van der Waals surface area (Å²) in [6.07, 6.45) is 5.49. The third-order valence-electron chi connectivity index (χ3n) is 4.97. The van der Waals surface area contributed by atoms with Crippen LogP contribution in [0.1, 0.15) is 29.6 Å². The Balaban J connectivity index is 1.36. The Morgan fingerprint density at radius 3 is 2.38 bits per heavy atom. The monoisotopic (exact) mass is 390 g/mol. The van der Waals surface area contributed by atoms with Gasteiger partial charge in [0.25, 0.3) is 5.91 Å². The molecule has 148 valence electrons. The molecule has 1 fully saturated rings. The third-order valence-corrected chi connectivity index (χ3v) is 4.97. The molecule has 0 saturated carbocycles. The lowest BCUT2D eigenvalue weighted by molar-refractivity contribution is 0.102. The van der Waals surface area contributed by atoms with Gasteiger partial charge in [0, 0.05) is 30.0 Å². The number of pyridine rings is 1. The molecule has 0 bridgehead atoms. The zero-order chi connectivity index (χ0) is 20.1. The fourth-order valence-corrected chi connectivity index (χ4v) is 3.43. The van der Waals surface area contributed by atoms with Gasteiger partial charge in [0.15, 0.2) is 0 Å². The van der Waals surface area contributed by atoms with E-state index in [4.69, 9.17) is 0 Å². The highest BCUT2D eigenvalue weighted by molar-refractivity contribution is 6.03. The number of amides is 1. The molecule has 1 saturated heterocycles. The Bertz CT molecular complexity index is 967. The molecule has 1 aromatic heterocycles. The van der Waals surface area contributed by atoms with E-state index >= 15 is 0 Å². The Labute approximate surface area is 169 Å². The summed E-state index contributed by atoms with van der Waals surface area (Å²) in [4.78, 5) is 18.8. The number of benzene rings is 2. The molecule has 2 N–H and O–H groups in total. The molecule has 0 radical (unpaired) electrons. The highest BCUT2D eigenvalue weighted by Crippen LogP contribution is 2.24. The topological polar surface area (TPSA) is 57.3 Å². The second-order valence-corrected chi connectivity index (χ2v) is 7.12. The van der Waals surface area contributed by atoms with E-state index < -0.39 is 11.7 Å². The lowest BCUT2D eigenvalue weighted by Gasteiger charge is -2.28. The van der Waals surface area contributed by atoms with Crippen LogP contribution in [0.3, 0.4) is 0 Å². The van der Waals surface area contributed by atoms with E-state index in [2.05, 4.69) is 44.8 Å². The van der Waals surface area contributed by atoms with Crippen molar-refractivity contribution in [1.29, 1.82) is 0 Å². The maximum atomic E-state index is 13.3. The summed E-state index contributed by atoms with van der Waals surface area (Å²) >= 11 is 0. The first-order valence-electron chi connectivity index (χ1n) is 9.82. The molecule has 0 unspecified atom stereocenters. The molecule has 6 heteroatoms. The van der Waals surface area contributed by atoms with Gasteiger partial charge < -0.3 is 15.5 Å². The molecular weight excluding hydrogens is 367 g/mol. The number of carbonyl (C=O) groups excluding carboxylic acids is 1. The number of hydrogen-bond donors (Lipinski definition) is 2. The maximum Gasteiger partial charge on any atom is 0.256 e. The second kappa shape index (κ2) is 8.73. The highest BCUT2D eigenvalue weighted by Gasteiger charge is 2.11. The first kappa shape index (κ1) is 18.9. The third kappa shape index (κ3) is 4.90. The van der Waals surface area contributed by atoms with E-state index in [0.29, 0.717) is 5.82 Å². The van der Waals surface area contributed by atoms with Crippen molar-refractivity contribution < 1.29 is 9.18 Å². The van der Waals surface area contributed by atoms with Crippen molar-refractivity contribution in [2.45, 2.75) is 19.3 Å². The summed E-state index contributed by atoms with van der Waals surface area (Å²) in [6, 6.07) is 17.5. The fourth-order valence-electron chi connectivity index (χ4n) is 3.43. The number of nitrogens with one attached hydrogen (secondary N) is 2. The molecule has 1 aliphatic rings. The van der Waals surface area contributed by atoms with Gasteiger partial charge in [-0.1, -0.05) is 6.07 Å². The standard InChI is InChI=1S/C23H23FN4O/c24-18-6-4-5-17(15-18)23(29)27-22-12-9-20(16-25-22)26-19-7-10-21(11-8-19)28-13-2-1-3-14-28/h4-12,15-16,26H,1-3,13-14H2,(H,25,27,29). The number of halogens is 1. The van der Waals surface area contributed by atoms with E-state index in [0.717, 1.165) is 24.5 Å². The summed E-state index contributed by atoms with van der Waals surface area (Å²) in [5.41, 5.74) is 3.30. The average Bonchev–Trinajstić information content (AvgIpc) is 2.76. The molecule has 0 aliphatic carbocycles. The molecule has 5 nitrogen and oxygen atoms in total.